The standard InChI is InChI=1S/C24H16F10N6O3/c1-11(41)40(21(10-35)5-6-21)19(42)14-7-12(3-4-15(14)23(29,30)31)13-8-36-39(9-13)18-16(43-20(25)26)17(37-38(18)2)22(27,28)24(32,33)34/h3-4,7-9,20H,5-6H2,1-2H3. The van der Waals surface area contributed by atoms with E-state index in [9.17, 15) is 58.8 Å². The van der Waals surface area contributed by atoms with Gasteiger partial charge in [-0.1, -0.05) is 6.07 Å². The van der Waals surface area contributed by atoms with Crippen molar-refractivity contribution >= 4 is 11.8 Å². The summed E-state index contributed by atoms with van der Waals surface area (Å²) in [6, 6.07) is 3.80. The molecule has 0 spiro atoms. The van der Waals surface area contributed by atoms with Gasteiger partial charge in [-0.25, -0.2) is 9.36 Å². The summed E-state index contributed by atoms with van der Waals surface area (Å²) in [4.78, 5) is 25.9. The van der Waals surface area contributed by atoms with Crippen LogP contribution in [-0.2, 0) is 23.9 Å². The molecule has 0 atom stereocenters. The van der Waals surface area contributed by atoms with Gasteiger partial charge in [0.15, 0.2) is 17.3 Å². The fraction of sp³-hybridized carbons (Fsp3) is 0.375. The molecule has 0 N–H and O–H groups in total. The summed E-state index contributed by atoms with van der Waals surface area (Å²) < 4.78 is 140. The van der Waals surface area contributed by atoms with Gasteiger partial charge in [0.1, 0.15) is 5.54 Å². The Bertz CT molecular complexity index is 1630. The minimum absolute atomic E-state index is 0.0335. The minimum atomic E-state index is -6.25. The quantitative estimate of drug-likeness (QED) is 0.317. The molecule has 0 unspecified atom stereocenters. The molecule has 0 bridgehead atoms. The third kappa shape index (κ3) is 5.48. The van der Waals surface area contributed by atoms with Crippen molar-refractivity contribution in [1.29, 1.82) is 5.26 Å². The topological polar surface area (TPSA) is 106 Å². The second-order valence-corrected chi connectivity index (χ2v) is 9.31. The Morgan fingerprint density at radius 2 is 1.72 bits per heavy atom. The molecule has 230 valence electrons. The van der Waals surface area contributed by atoms with Crippen LogP contribution >= 0.6 is 0 Å². The maximum atomic E-state index is 14.1. The third-order valence-electron chi connectivity index (χ3n) is 6.40. The SMILES string of the molecule is CC(=O)N(C(=O)c1cc(-c2cnn(-c3c(OC(F)F)c(C(F)(F)C(F)(F)F)nn3C)c2)ccc1C(F)(F)F)C1(C#N)CC1. The number of nitriles is 1. The minimum Gasteiger partial charge on any atom is -0.428 e. The van der Waals surface area contributed by atoms with E-state index in [0.717, 1.165) is 32.4 Å². The number of benzene rings is 1. The van der Waals surface area contributed by atoms with Crippen LogP contribution in [0.2, 0.25) is 0 Å². The van der Waals surface area contributed by atoms with Crippen LogP contribution in [0.15, 0.2) is 30.6 Å². The normalized spacial score (nSPS) is 14.9. The highest BCUT2D eigenvalue weighted by Gasteiger charge is 2.63. The van der Waals surface area contributed by atoms with Gasteiger partial charge in [-0.15, -0.1) is 0 Å². The fourth-order valence-electron chi connectivity index (χ4n) is 4.28. The number of rotatable bonds is 7. The number of nitrogens with zero attached hydrogens (tertiary/aromatic N) is 6. The van der Waals surface area contributed by atoms with Crippen molar-refractivity contribution in [3.8, 4) is 28.8 Å². The number of carbonyl (C=O) groups excluding carboxylic acids is 2. The van der Waals surface area contributed by atoms with E-state index in [0.29, 0.717) is 26.4 Å². The van der Waals surface area contributed by atoms with E-state index in [4.69, 9.17) is 0 Å². The highest BCUT2D eigenvalue weighted by atomic mass is 19.4. The molecule has 0 radical (unpaired) electrons. The highest BCUT2D eigenvalue weighted by Crippen LogP contribution is 2.48. The van der Waals surface area contributed by atoms with Crippen molar-refractivity contribution in [2.24, 2.45) is 7.05 Å². The summed E-state index contributed by atoms with van der Waals surface area (Å²) >= 11 is 0. The molecule has 1 aliphatic carbocycles. The van der Waals surface area contributed by atoms with Gasteiger partial charge in [-0.05, 0) is 30.5 Å². The Kier molecular flexibility index (Phi) is 7.48. The van der Waals surface area contributed by atoms with E-state index >= 15 is 0 Å². The molecule has 9 nitrogen and oxygen atoms in total. The predicted molar refractivity (Wildman–Crippen MR) is 122 cm³/mol. The number of aromatic nitrogens is 4. The zero-order valence-corrected chi connectivity index (χ0v) is 21.6. The summed E-state index contributed by atoms with van der Waals surface area (Å²) in [5.74, 6) is -10.8. The Labute approximate surface area is 233 Å². The summed E-state index contributed by atoms with van der Waals surface area (Å²) in [5, 5.41) is 16.2. The molecule has 1 fully saturated rings. The monoisotopic (exact) mass is 626 g/mol. The first kappa shape index (κ1) is 31.3. The van der Waals surface area contributed by atoms with Gasteiger partial charge < -0.3 is 4.74 Å². The molecule has 1 aliphatic rings. The second kappa shape index (κ2) is 10.3. The first-order chi connectivity index (χ1) is 19.7. The molecule has 1 aromatic carbocycles. The number of hydrogen-bond acceptors (Lipinski definition) is 6. The highest BCUT2D eigenvalue weighted by molar-refractivity contribution is 6.07. The molecule has 19 heteroatoms. The number of amides is 2. The van der Waals surface area contributed by atoms with Crippen molar-refractivity contribution in [3.05, 3.63) is 47.4 Å². The average Bonchev–Trinajstić information content (AvgIpc) is 3.37. The maximum absolute atomic E-state index is 14.1. The van der Waals surface area contributed by atoms with Gasteiger partial charge in [0.2, 0.25) is 5.91 Å². The average molecular weight is 626 g/mol. The predicted octanol–water partition coefficient (Wildman–Crippen LogP) is 5.59. The van der Waals surface area contributed by atoms with E-state index in [1.165, 1.54) is 0 Å². The number of aryl methyl sites for hydroxylation is 1. The molecule has 3 aromatic rings. The maximum Gasteiger partial charge on any atom is 0.459 e. The number of imide groups is 1. The van der Waals surface area contributed by atoms with Gasteiger partial charge >= 0.3 is 24.9 Å². The van der Waals surface area contributed by atoms with Crippen LogP contribution < -0.4 is 4.74 Å². The number of hydrogen-bond donors (Lipinski definition) is 0. The van der Waals surface area contributed by atoms with Crippen molar-refractivity contribution in [2.75, 3.05) is 0 Å². The lowest BCUT2D eigenvalue weighted by atomic mass is 9.98. The Hall–Kier alpha value is -4.63. The first-order valence-electron chi connectivity index (χ1n) is 11.7. The fourth-order valence-corrected chi connectivity index (χ4v) is 4.28. The van der Waals surface area contributed by atoms with Gasteiger partial charge in [-0.3, -0.25) is 14.5 Å². The molecule has 2 aromatic heterocycles. The molecule has 2 amide bonds. The number of ether oxygens (including phenoxy) is 1. The van der Waals surface area contributed by atoms with Crippen LogP contribution in [0.4, 0.5) is 43.9 Å². The smallest absolute Gasteiger partial charge is 0.428 e. The van der Waals surface area contributed by atoms with Crippen molar-refractivity contribution in [2.45, 2.75) is 50.2 Å². The van der Waals surface area contributed by atoms with Crippen LogP contribution in [0.3, 0.4) is 0 Å². The molecule has 2 heterocycles. The van der Waals surface area contributed by atoms with E-state index < -0.39 is 70.6 Å². The van der Waals surface area contributed by atoms with Crippen LogP contribution in [0.25, 0.3) is 16.9 Å². The Morgan fingerprint density at radius 1 is 1.09 bits per heavy atom. The van der Waals surface area contributed by atoms with Crippen LogP contribution in [0, 0.1) is 11.3 Å². The molecule has 4 rings (SSSR count). The van der Waals surface area contributed by atoms with Crippen LogP contribution in [0.1, 0.15) is 41.4 Å². The zero-order valence-electron chi connectivity index (χ0n) is 21.6. The number of alkyl halides is 10. The lowest BCUT2D eigenvalue weighted by Gasteiger charge is -2.25. The van der Waals surface area contributed by atoms with E-state index in [1.807, 2.05) is 0 Å². The molecule has 43 heavy (non-hydrogen) atoms. The van der Waals surface area contributed by atoms with Crippen LogP contribution in [0.5, 0.6) is 5.75 Å². The molecule has 1 saturated carbocycles. The Morgan fingerprint density at radius 3 is 2.21 bits per heavy atom. The molecular weight excluding hydrogens is 610 g/mol. The molecular formula is C24H16F10N6O3. The largest absolute Gasteiger partial charge is 0.459 e. The third-order valence-corrected chi connectivity index (χ3v) is 6.40. The molecule has 0 aliphatic heterocycles. The van der Waals surface area contributed by atoms with Crippen LogP contribution in [-0.4, -0.2) is 54.6 Å². The van der Waals surface area contributed by atoms with E-state index in [-0.39, 0.29) is 24.0 Å². The summed E-state index contributed by atoms with van der Waals surface area (Å²) in [5.41, 5.74) is -6.72. The lowest BCUT2D eigenvalue weighted by Crippen LogP contribution is -2.45. The zero-order chi connectivity index (χ0) is 32.3. The summed E-state index contributed by atoms with van der Waals surface area (Å²) in [7, 11) is 0.819. The summed E-state index contributed by atoms with van der Waals surface area (Å²) in [6.45, 7) is -2.99. The van der Waals surface area contributed by atoms with Crippen molar-refractivity contribution in [1.82, 2.24) is 24.5 Å². The number of halogens is 10. The Balaban J connectivity index is 1.84. The van der Waals surface area contributed by atoms with Gasteiger partial charge in [0.25, 0.3) is 5.91 Å². The second-order valence-electron chi connectivity index (χ2n) is 9.31. The van der Waals surface area contributed by atoms with Crippen molar-refractivity contribution < 1.29 is 58.2 Å². The number of carbonyl (C=O) groups is 2. The first-order valence-corrected chi connectivity index (χ1v) is 11.7. The van der Waals surface area contributed by atoms with Gasteiger partial charge in [0.05, 0.1) is 23.4 Å². The summed E-state index contributed by atoms with van der Waals surface area (Å²) in [6.07, 6.45) is -9.57. The van der Waals surface area contributed by atoms with E-state index in [2.05, 4.69) is 14.9 Å². The lowest BCUT2D eigenvalue weighted by molar-refractivity contribution is -0.291. The molecule has 0 saturated heterocycles. The van der Waals surface area contributed by atoms with Gasteiger partial charge in [0, 0.05) is 25.7 Å². The van der Waals surface area contributed by atoms with Crippen molar-refractivity contribution in [3.63, 3.8) is 0 Å². The van der Waals surface area contributed by atoms with Gasteiger partial charge in [-0.2, -0.15) is 59.4 Å². The van der Waals surface area contributed by atoms with E-state index in [1.54, 1.807) is 6.07 Å².